The molecule has 0 spiro atoms. The zero-order valence-electron chi connectivity index (χ0n) is 21.5. The van der Waals surface area contributed by atoms with Gasteiger partial charge in [0.25, 0.3) is 5.56 Å². The number of aromatic amines is 1. The molecule has 3 aromatic heterocycles. The quantitative estimate of drug-likeness (QED) is 0.321. The van der Waals surface area contributed by atoms with E-state index in [0.717, 1.165) is 59.3 Å². The molecule has 0 radical (unpaired) electrons. The van der Waals surface area contributed by atoms with E-state index in [1.165, 1.54) is 24.8 Å². The largest absolute Gasteiger partial charge is 0.468 e. The Hall–Kier alpha value is -3.26. The maximum absolute atomic E-state index is 13.3. The zero-order chi connectivity index (χ0) is 25.1. The van der Waals surface area contributed by atoms with E-state index >= 15 is 0 Å². The highest BCUT2D eigenvalue weighted by Gasteiger charge is 2.30. The molecule has 8 heteroatoms. The number of rotatable bonds is 9. The average molecular weight is 489 g/mol. The number of hydrogen-bond donors (Lipinski definition) is 1. The summed E-state index contributed by atoms with van der Waals surface area (Å²) in [6.07, 6.45) is 9.48. The van der Waals surface area contributed by atoms with Crippen LogP contribution < -0.4 is 5.56 Å². The molecule has 190 valence electrons. The van der Waals surface area contributed by atoms with E-state index in [2.05, 4.69) is 63.0 Å². The highest BCUT2D eigenvalue weighted by molar-refractivity contribution is 5.83. The van der Waals surface area contributed by atoms with Crippen LogP contribution in [0.25, 0.3) is 10.9 Å². The summed E-state index contributed by atoms with van der Waals surface area (Å²) in [5.41, 5.74) is 3.87. The Balaban J connectivity index is 1.53. The molecule has 1 saturated carbocycles. The maximum atomic E-state index is 13.3. The standard InChI is InChI=1S/C28H36N6O2/c1-4-9-25(27-30-31-32-34(27)23-10-6-5-7-11-23)33(18-24-12-8-15-36-24)17-22-16-21-14-13-19(2)20(3)26(21)29-28(22)35/h8,12-16,23,25H,4-7,9-11,17-18H2,1-3H3,(H,29,35)/t25-/m0/s1. The van der Waals surface area contributed by atoms with Gasteiger partial charge in [0.15, 0.2) is 5.82 Å². The second-order valence-electron chi connectivity index (χ2n) is 10.2. The van der Waals surface area contributed by atoms with Crippen molar-refractivity contribution in [3.8, 4) is 0 Å². The first-order chi connectivity index (χ1) is 17.5. The van der Waals surface area contributed by atoms with Gasteiger partial charge < -0.3 is 9.40 Å². The normalized spacial score (nSPS) is 15.7. The minimum Gasteiger partial charge on any atom is -0.468 e. The molecule has 36 heavy (non-hydrogen) atoms. The minimum absolute atomic E-state index is 0.0353. The molecule has 0 unspecified atom stereocenters. The summed E-state index contributed by atoms with van der Waals surface area (Å²) < 4.78 is 7.80. The van der Waals surface area contributed by atoms with Crippen LogP contribution >= 0.6 is 0 Å². The third-order valence-electron chi connectivity index (χ3n) is 7.68. The Labute approximate surface area is 211 Å². The van der Waals surface area contributed by atoms with E-state index in [9.17, 15) is 4.79 Å². The molecular formula is C28H36N6O2. The van der Waals surface area contributed by atoms with Gasteiger partial charge >= 0.3 is 0 Å². The van der Waals surface area contributed by atoms with Crippen molar-refractivity contribution in [1.82, 2.24) is 30.1 Å². The number of furan rings is 1. The molecule has 5 rings (SSSR count). The van der Waals surface area contributed by atoms with Crippen molar-refractivity contribution in [1.29, 1.82) is 0 Å². The van der Waals surface area contributed by atoms with Crippen molar-refractivity contribution >= 4 is 10.9 Å². The Morgan fingerprint density at radius 2 is 2.00 bits per heavy atom. The SMILES string of the molecule is CCC[C@@H](c1nnnn1C1CCCCC1)N(Cc1ccco1)Cc1cc2ccc(C)c(C)c2[nH]c1=O. The van der Waals surface area contributed by atoms with Crippen LogP contribution in [0.3, 0.4) is 0 Å². The van der Waals surface area contributed by atoms with Gasteiger partial charge in [-0.2, -0.15) is 0 Å². The monoisotopic (exact) mass is 488 g/mol. The van der Waals surface area contributed by atoms with Crippen LogP contribution in [0, 0.1) is 13.8 Å². The molecule has 0 bridgehead atoms. The molecule has 1 aliphatic rings. The van der Waals surface area contributed by atoms with Crippen molar-refractivity contribution in [2.75, 3.05) is 0 Å². The lowest BCUT2D eigenvalue weighted by atomic mass is 9.95. The van der Waals surface area contributed by atoms with Crippen LogP contribution in [-0.2, 0) is 13.1 Å². The molecule has 0 saturated heterocycles. The molecule has 1 aliphatic carbocycles. The smallest absolute Gasteiger partial charge is 0.252 e. The lowest BCUT2D eigenvalue weighted by Crippen LogP contribution is -2.33. The summed E-state index contributed by atoms with van der Waals surface area (Å²) in [6.45, 7) is 7.35. The molecule has 4 aromatic rings. The van der Waals surface area contributed by atoms with Crippen LogP contribution in [-0.4, -0.2) is 30.1 Å². The maximum Gasteiger partial charge on any atom is 0.252 e. The lowest BCUT2D eigenvalue weighted by molar-refractivity contribution is 0.139. The van der Waals surface area contributed by atoms with Crippen LogP contribution in [0.1, 0.15) is 92.2 Å². The fraction of sp³-hybridized carbons (Fsp3) is 0.500. The third-order valence-corrected chi connectivity index (χ3v) is 7.68. The van der Waals surface area contributed by atoms with E-state index in [0.29, 0.717) is 19.1 Å². The van der Waals surface area contributed by atoms with Gasteiger partial charge in [-0.15, -0.1) is 5.10 Å². The second-order valence-corrected chi connectivity index (χ2v) is 10.2. The van der Waals surface area contributed by atoms with Gasteiger partial charge in [0.1, 0.15) is 5.76 Å². The number of aryl methyl sites for hydroxylation is 2. The first-order valence-corrected chi connectivity index (χ1v) is 13.2. The summed E-state index contributed by atoms with van der Waals surface area (Å²) in [5, 5.41) is 14.1. The number of tetrazole rings is 1. The van der Waals surface area contributed by atoms with Gasteiger partial charge in [-0.05, 0) is 78.2 Å². The fourth-order valence-corrected chi connectivity index (χ4v) is 5.54. The van der Waals surface area contributed by atoms with Gasteiger partial charge in [0.2, 0.25) is 0 Å². The Kier molecular flexibility index (Phi) is 7.32. The van der Waals surface area contributed by atoms with Crippen molar-refractivity contribution in [3.63, 3.8) is 0 Å². The number of H-pyrrole nitrogens is 1. The number of nitrogens with zero attached hydrogens (tertiary/aromatic N) is 5. The van der Waals surface area contributed by atoms with Gasteiger partial charge in [0.05, 0.1) is 30.4 Å². The molecule has 3 heterocycles. The predicted molar refractivity (Wildman–Crippen MR) is 140 cm³/mol. The number of benzene rings is 1. The topological polar surface area (TPSA) is 92.8 Å². The third kappa shape index (κ3) is 5.00. The van der Waals surface area contributed by atoms with E-state index in [1.54, 1.807) is 6.26 Å². The average Bonchev–Trinajstić information content (AvgIpc) is 3.58. The number of hydrogen-bond acceptors (Lipinski definition) is 6. The van der Waals surface area contributed by atoms with Gasteiger partial charge in [0, 0.05) is 12.1 Å². The van der Waals surface area contributed by atoms with Crippen molar-refractivity contribution < 1.29 is 4.42 Å². The molecule has 1 fully saturated rings. The molecule has 0 aliphatic heterocycles. The van der Waals surface area contributed by atoms with Gasteiger partial charge in [-0.25, -0.2) is 4.68 Å². The summed E-state index contributed by atoms with van der Waals surface area (Å²) in [6, 6.07) is 10.4. The summed E-state index contributed by atoms with van der Waals surface area (Å²) in [7, 11) is 0. The molecule has 8 nitrogen and oxygen atoms in total. The van der Waals surface area contributed by atoms with E-state index in [1.807, 2.05) is 18.2 Å². The molecule has 1 aromatic carbocycles. The summed E-state index contributed by atoms with van der Waals surface area (Å²) in [4.78, 5) is 18.7. The van der Waals surface area contributed by atoms with E-state index in [-0.39, 0.29) is 11.6 Å². The predicted octanol–water partition coefficient (Wildman–Crippen LogP) is 5.77. The van der Waals surface area contributed by atoms with Crippen LogP contribution in [0.2, 0.25) is 0 Å². The van der Waals surface area contributed by atoms with Crippen molar-refractivity contribution in [2.45, 2.75) is 90.9 Å². The van der Waals surface area contributed by atoms with Crippen LogP contribution in [0.15, 0.2) is 45.8 Å². The summed E-state index contributed by atoms with van der Waals surface area (Å²) in [5.74, 6) is 1.75. The number of aromatic nitrogens is 5. The van der Waals surface area contributed by atoms with Gasteiger partial charge in [-0.1, -0.05) is 44.7 Å². The first kappa shape index (κ1) is 24.4. The molecular weight excluding hydrogens is 452 g/mol. The molecule has 1 N–H and O–H groups in total. The van der Waals surface area contributed by atoms with E-state index < -0.39 is 0 Å². The van der Waals surface area contributed by atoms with Crippen LogP contribution in [0.5, 0.6) is 0 Å². The fourth-order valence-electron chi connectivity index (χ4n) is 5.54. The second kappa shape index (κ2) is 10.8. The lowest BCUT2D eigenvalue weighted by Gasteiger charge is -2.32. The van der Waals surface area contributed by atoms with Crippen molar-refractivity contribution in [2.24, 2.45) is 0 Å². The molecule has 0 amide bonds. The van der Waals surface area contributed by atoms with Crippen molar-refractivity contribution in [3.05, 3.63) is 75.2 Å². The molecule has 1 atom stereocenters. The van der Waals surface area contributed by atoms with E-state index in [4.69, 9.17) is 4.42 Å². The number of fused-ring (bicyclic) bond motifs is 1. The first-order valence-electron chi connectivity index (χ1n) is 13.2. The highest BCUT2D eigenvalue weighted by atomic mass is 16.3. The highest BCUT2D eigenvalue weighted by Crippen LogP contribution is 2.33. The Morgan fingerprint density at radius 3 is 2.75 bits per heavy atom. The zero-order valence-corrected chi connectivity index (χ0v) is 21.5. The van der Waals surface area contributed by atoms with Crippen LogP contribution in [0.4, 0.5) is 0 Å². The minimum atomic E-state index is -0.0530. The Bertz CT molecular complexity index is 1350. The number of nitrogens with one attached hydrogen (secondary N) is 1. The van der Waals surface area contributed by atoms with Gasteiger partial charge in [-0.3, -0.25) is 9.69 Å². The Morgan fingerprint density at radius 1 is 1.17 bits per heavy atom. The number of pyridine rings is 1. The summed E-state index contributed by atoms with van der Waals surface area (Å²) >= 11 is 0.